The number of allylic oxidation sites excluding steroid dienone is 1. The molecule has 1 aromatic heterocycles. The normalized spacial score (nSPS) is 26.0. The molecule has 272 valence electrons. The minimum atomic E-state index is -2.39. The molecule has 0 amide bonds. The summed E-state index contributed by atoms with van der Waals surface area (Å²) in [5.41, 5.74) is 0.372. The molecule has 15 heteroatoms. The van der Waals surface area contributed by atoms with Gasteiger partial charge in [0, 0.05) is 55.0 Å². The Hall–Kier alpha value is -4.19. The van der Waals surface area contributed by atoms with Crippen LogP contribution in [0.15, 0.2) is 79.9 Å². The van der Waals surface area contributed by atoms with Gasteiger partial charge in [0.1, 0.15) is 53.7 Å². The van der Waals surface area contributed by atoms with Crippen molar-refractivity contribution in [1.29, 1.82) is 0 Å². The Labute approximate surface area is 292 Å². The second kappa shape index (κ2) is 13.7. The van der Waals surface area contributed by atoms with Gasteiger partial charge in [-0.25, -0.2) is 9.78 Å². The van der Waals surface area contributed by atoms with E-state index in [1.807, 2.05) is 24.1 Å². The maximum Gasteiger partial charge on any atom is 0.193 e. The third kappa shape index (κ3) is 6.33. The van der Waals surface area contributed by atoms with Crippen LogP contribution in [0.1, 0.15) is 31.1 Å². The lowest BCUT2D eigenvalue weighted by Gasteiger charge is -2.43. The van der Waals surface area contributed by atoms with Gasteiger partial charge in [0.15, 0.2) is 16.8 Å². The maximum absolute atomic E-state index is 13.3. The van der Waals surface area contributed by atoms with Crippen molar-refractivity contribution in [3.8, 4) is 5.75 Å². The molecule has 2 aromatic rings. The lowest BCUT2D eigenvalue weighted by Crippen LogP contribution is -2.64. The van der Waals surface area contributed by atoms with E-state index in [1.165, 1.54) is 6.07 Å². The molecule has 0 radical (unpaired) electrons. The molecule has 51 heavy (non-hydrogen) atoms. The Morgan fingerprint density at radius 2 is 1.98 bits per heavy atom. The first-order valence-corrected chi connectivity index (χ1v) is 16.9. The molecule has 0 fully saturated rings. The van der Waals surface area contributed by atoms with Gasteiger partial charge in [-0.15, -0.1) is 0 Å². The van der Waals surface area contributed by atoms with Crippen molar-refractivity contribution in [2.75, 3.05) is 37.8 Å². The molecule has 15 nitrogen and oxygen atoms in total. The van der Waals surface area contributed by atoms with Crippen LogP contribution in [0, 0.1) is 6.92 Å². The molecule has 0 saturated heterocycles. The fraction of sp³-hybridized carbons (Fsp3) is 0.472. The van der Waals surface area contributed by atoms with E-state index in [1.54, 1.807) is 48.6 Å². The summed E-state index contributed by atoms with van der Waals surface area (Å²) < 4.78 is 12.9. The largest absolute Gasteiger partial charge is 0.482 e. The van der Waals surface area contributed by atoms with Gasteiger partial charge in [0.2, 0.25) is 0 Å². The Balaban J connectivity index is 1.16. The maximum atomic E-state index is 13.3. The Bertz CT molecular complexity index is 1940. The fourth-order valence-electron chi connectivity index (χ4n) is 7.27. The van der Waals surface area contributed by atoms with Gasteiger partial charge < -0.3 is 49.6 Å². The number of fused-ring (bicyclic) bond motifs is 4. The smallest absolute Gasteiger partial charge is 0.193 e. The van der Waals surface area contributed by atoms with Crippen LogP contribution in [-0.4, -0.2) is 122 Å². The average Bonchev–Trinajstić information content (AvgIpc) is 3.90. The van der Waals surface area contributed by atoms with Gasteiger partial charge >= 0.3 is 0 Å². The van der Waals surface area contributed by atoms with E-state index in [0.29, 0.717) is 58.8 Å². The highest BCUT2D eigenvalue weighted by Gasteiger charge is 2.50. The molecule has 5 aliphatic heterocycles. The SMILES string of the molecule is Cc1cc(=O)c2cc3c(c(N4C=C5C=CN=C5C4)c2o1)O[C@](C)(CCCO)[C@H](OOC[C@H](O)[C@](O)(CN1C=CC2=NC=CC21)[C@H](O)[C@H](O)CO)C3. The monoisotopic (exact) mass is 706 g/mol. The quantitative estimate of drug-likeness (QED) is 0.117. The number of aliphatic hydroxyl groups excluding tert-OH is 5. The van der Waals surface area contributed by atoms with Gasteiger partial charge in [-0.05, 0) is 51.0 Å². The summed E-state index contributed by atoms with van der Waals surface area (Å²) in [7, 11) is 0. The second-order valence-corrected chi connectivity index (χ2v) is 13.8. The third-order valence-corrected chi connectivity index (χ3v) is 10.2. The summed E-state index contributed by atoms with van der Waals surface area (Å²) in [6.07, 6.45) is 6.84. The zero-order chi connectivity index (χ0) is 36.1. The third-order valence-electron chi connectivity index (χ3n) is 10.2. The molecule has 0 saturated carbocycles. The standard InChI is InChI=1S/C36H42N4O11/c1-20-12-27(43)23-13-22-14-30(35(2,7-3-11-41)50-32(22)31(33(23)49-20)40-15-21-4-8-38-25(21)16-40)51-48-18-29(45)36(47,34(46)28(44)17-42)19-39-10-6-24-26(39)5-9-37-24/h4-6,8-10,12-13,15,26,28-30,34,41-42,44-47H,3,7,11,14,16-19H2,1-2H3/t26?,28-,29+,30-,34-,35-,36-/m1/s1. The summed E-state index contributed by atoms with van der Waals surface area (Å²) in [6, 6.07) is 2.80. The summed E-state index contributed by atoms with van der Waals surface area (Å²) in [5.74, 6) is 0.923. The van der Waals surface area contributed by atoms with E-state index in [0.717, 1.165) is 11.3 Å². The van der Waals surface area contributed by atoms with E-state index in [4.69, 9.17) is 18.9 Å². The van der Waals surface area contributed by atoms with Crippen LogP contribution >= 0.6 is 0 Å². The highest BCUT2D eigenvalue weighted by atomic mass is 17.2. The minimum absolute atomic E-state index is 0.118. The molecule has 0 aliphatic carbocycles. The van der Waals surface area contributed by atoms with Gasteiger partial charge in [0.05, 0.1) is 42.5 Å². The lowest BCUT2D eigenvalue weighted by atomic mass is 9.85. The van der Waals surface area contributed by atoms with Crippen molar-refractivity contribution in [2.45, 2.75) is 74.8 Å². The molecular formula is C36H42N4O11. The predicted octanol–water partition coefficient (Wildman–Crippen LogP) is 0.529. The molecule has 6 N–H and O–H groups in total. The highest BCUT2D eigenvalue weighted by molar-refractivity contribution is 6.12. The van der Waals surface area contributed by atoms with E-state index in [2.05, 4.69) is 9.98 Å². The Morgan fingerprint density at radius 3 is 2.75 bits per heavy atom. The molecule has 7 atom stereocenters. The number of ether oxygens (including phenoxy) is 1. The number of benzene rings is 1. The average molecular weight is 707 g/mol. The minimum Gasteiger partial charge on any atom is -0.482 e. The zero-order valence-electron chi connectivity index (χ0n) is 28.3. The van der Waals surface area contributed by atoms with Crippen LogP contribution in [0.2, 0.25) is 0 Å². The van der Waals surface area contributed by atoms with Crippen LogP contribution in [0.4, 0.5) is 5.69 Å². The lowest BCUT2D eigenvalue weighted by molar-refractivity contribution is -0.365. The Kier molecular flexibility index (Phi) is 9.49. The number of aliphatic imine (C=N–C) groups is 2. The van der Waals surface area contributed by atoms with E-state index in [-0.39, 0.29) is 31.0 Å². The number of anilines is 1. The summed E-state index contributed by atoms with van der Waals surface area (Å²) in [5, 5.41) is 63.9. The molecule has 5 aliphatic rings. The number of rotatable bonds is 14. The number of β-amino-alcohol motifs (C(OH)–C–C–N with tert-alkyl or cyclic N) is 1. The highest BCUT2D eigenvalue weighted by Crippen LogP contribution is 2.48. The molecule has 0 bridgehead atoms. The number of hydrogen-bond donors (Lipinski definition) is 6. The van der Waals surface area contributed by atoms with Crippen LogP contribution < -0.4 is 15.1 Å². The number of aryl methyl sites for hydroxylation is 1. The first kappa shape index (κ1) is 35.2. The van der Waals surface area contributed by atoms with Crippen molar-refractivity contribution >= 4 is 28.1 Å². The fourth-order valence-corrected chi connectivity index (χ4v) is 7.27. The van der Waals surface area contributed by atoms with Crippen molar-refractivity contribution in [1.82, 2.24) is 4.90 Å². The summed E-state index contributed by atoms with van der Waals surface area (Å²) in [6.45, 7) is 1.98. The predicted molar refractivity (Wildman–Crippen MR) is 185 cm³/mol. The van der Waals surface area contributed by atoms with Gasteiger partial charge in [-0.1, -0.05) is 0 Å². The van der Waals surface area contributed by atoms with Crippen molar-refractivity contribution in [2.24, 2.45) is 9.98 Å². The molecule has 6 heterocycles. The van der Waals surface area contributed by atoms with Crippen molar-refractivity contribution in [3.63, 3.8) is 0 Å². The molecule has 1 unspecified atom stereocenters. The second-order valence-electron chi connectivity index (χ2n) is 13.8. The van der Waals surface area contributed by atoms with Crippen molar-refractivity contribution < 1.29 is 49.6 Å². The van der Waals surface area contributed by atoms with Gasteiger partial charge in [-0.2, -0.15) is 0 Å². The van der Waals surface area contributed by atoms with Crippen LogP contribution in [-0.2, 0) is 16.2 Å². The number of hydrogen-bond acceptors (Lipinski definition) is 15. The van der Waals surface area contributed by atoms with Gasteiger partial charge in [0.25, 0.3) is 0 Å². The topological polar surface area (TPSA) is 210 Å². The van der Waals surface area contributed by atoms with E-state index in [9.17, 15) is 35.4 Å². The van der Waals surface area contributed by atoms with E-state index >= 15 is 0 Å². The zero-order valence-corrected chi connectivity index (χ0v) is 28.3. The van der Waals surface area contributed by atoms with Crippen LogP contribution in [0.25, 0.3) is 11.0 Å². The number of nitrogens with zero attached hydrogens (tertiary/aromatic N) is 4. The van der Waals surface area contributed by atoms with Crippen molar-refractivity contribution in [3.05, 3.63) is 82.3 Å². The summed E-state index contributed by atoms with van der Waals surface area (Å²) in [4.78, 5) is 37.1. The molecule has 1 aromatic carbocycles. The van der Waals surface area contributed by atoms with Crippen LogP contribution in [0.3, 0.4) is 0 Å². The first-order chi connectivity index (χ1) is 24.5. The van der Waals surface area contributed by atoms with Crippen LogP contribution in [0.5, 0.6) is 5.75 Å². The molecular weight excluding hydrogens is 664 g/mol. The first-order valence-electron chi connectivity index (χ1n) is 16.9. The summed E-state index contributed by atoms with van der Waals surface area (Å²) >= 11 is 0. The van der Waals surface area contributed by atoms with E-state index < -0.39 is 48.8 Å². The molecule has 7 rings (SSSR count). The van der Waals surface area contributed by atoms with Gasteiger partial charge in [-0.3, -0.25) is 14.8 Å². The Morgan fingerprint density at radius 1 is 1.16 bits per heavy atom. The molecule has 0 spiro atoms. The number of aliphatic hydroxyl groups is 6.